The van der Waals surface area contributed by atoms with Crippen LogP contribution in [0.2, 0.25) is 0 Å². The van der Waals surface area contributed by atoms with Crippen LogP contribution < -0.4 is 0 Å². The second kappa shape index (κ2) is 7.53. The van der Waals surface area contributed by atoms with E-state index in [1.165, 1.54) is 70.6 Å². The Morgan fingerprint density at radius 3 is 2.56 bits per heavy atom. The minimum atomic E-state index is 0.573. The maximum atomic E-state index is 2.74. The maximum Gasteiger partial charge on any atom is -0.00853 e. The molecule has 0 bridgehead atoms. The van der Waals surface area contributed by atoms with Gasteiger partial charge in [0, 0.05) is 0 Å². The summed E-state index contributed by atoms with van der Waals surface area (Å²) < 4.78 is 0. The molecule has 4 rings (SSSR count). The van der Waals surface area contributed by atoms with E-state index >= 15 is 0 Å². The first kappa shape index (κ1) is 20.0. The molecule has 0 radical (unpaired) electrons. The van der Waals surface area contributed by atoms with Crippen molar-refractivity contribution in [3.05, 3.63) is 11.6 Å². The molecule has 0 aliphatic heterocycles. The molecule has 154 valence electrons. The van der Waals surface area contributed by atoms with Gasteiger partial charge in [0.1, 0.15) is 0 Å². The van der Waals surface area contributed by atoms with Crippen molar-refractivity contribution in [2.75, 3.05) is 0 Å². The molecule has 0 aromatic rings. The van der Waals surface area contributed by atoms with E-state index in [1.54, 1.807) is 6.42 Å². The molecule has 0 unspecified atom stereocenters. The van der Waals surface area contributed by atoms with E-state index in [-0.39, 0.29) is 0 Å². The molecule has 0 saturated heterocycles. The average molecular weight is 371 g/mol. The SMILES string of the molecule is CC(C)CCC[C@H](C)[C@@H]1CC[C@@H]2[C@H]3CCC4=CCCC[C@]4(C)[C@@H]3CC[C@@]21C. The zero-order valence-corrected chi connectivity index (χ0v) is 19.0. The van der Waals surface area contributed by atoms with Gasteiger partial charge in [-0.2, -0.15) is 0 Å². The molecule has 4 aliphatic carbocycles. The van der Waals surface area contributed by atoms with Crippen LogP contribution in [0.3, 0.4) is 0 Å². The fourth-order valence-corrected chi connectivity index (χ4v) is 8.78. The van der Waals surface area contributed by atoms with Crippen LogP contribution in [0.4, 0.5) is 0 Å². The van der Waals surface area contributed by atoms with Gasteiger partial charge in [-0.1, -0.05) is 65.5 Å². The van der Waals surface area contributed by atoms with E-state index in [9.17, 15) is 0 Å². The quantitative estimate of drug-likeness (QED) is 0.426. The molecule has 7 atom stereocenters. The Bertz CT molecular complexity index is 556. The third-order valence-corrected chi connectivity index (χ3v) is 10.2. The molecule has 0 aromatic heterocycles. The van der Waals surface area contributed by atoms with E-state index < -0.39 is 0 Å². The third kappa shape index (κ3) is 3.36. The zero-order chi connectivity index (χ0) is 19.2. The molecule has 3 saturated carbocycles. The van der Waals surface area contributed by atoms with E-state index in [4.69, 9.17) is 0 Å². The number of hydrogen-bond donors (Lipinski definition) is 0. The largest absolute Gasteiger partial charge is 0.0848 e. The monoisotopic (exact) mass is 370 g/mol. The minimum Gasteiger partial charge on any atom is -0.0848 e. The topological polar surface area (TPSA) is 0 Å². The summed E-state index contributed by atoms with van der Waals surface area (Å²) in [5.74, 6) is 5.91. The van der Waals surface area contributed by atoms with Crippen LogP contribution >= 0.6 is 0 Å². The van der Waals surface area contributed by atoms with Crippen LogP contribution in [0.5, 0.6) is 0 Å². The highest BCUT2D eigenvalue weighted by atomic mass is 14.6. The van der Waals surface area contributed by atoms with Crippen molar-refractivity contribution in [2.24, 2.45) is 46.3 Å². The molecule has 0 nitrogen and oxygen atoms in total. The number of fused-ring (bicyclic) bond motifs is 5. The standard InChI is InChI=1S/C27H46/c1-19(2)9-8-10-20(3)23-14-15-24-22-13-12-21-11-6-7-17-26(21,4)25(22)16-18-27(23,24)5/h11,19-20,22-25H,6-10,12-18H2,1-5H3/t20-,22+,23-,24+,25+,26-,27+/m0/s1. The lowest BCUT2D eigenvalue weighted by molar-refractivity contribution is -0.0592. The van der Waals surface area contributed by atoms with Crippen LogP contribution in [0.15, 0.2) is 11.6 Å². The molecule has 0 aromatic carbocycles. The van der Waals surface area contributed by atoms with E-state index in [0.717, 1.165) is 35.5 Å². The Balaban J connectivity index is 1.48. The predicted octanol–water partition coefficient (Wildman–Crippen LogP) is 8.42. The van der Waals surface area contributed by atoms with Gasteiger partial charge in [-0.15, -0.1) is 0 Å². The van der Waals surface area contributed by atoms with Gasteiger partial charge in [-0.25, -0.2) is 0 Å². The van der Waals surface area contributed by atoms with Gasteiger partial charge in [0.15, 0.2) is 0 Å². The van der Waals surface area contributed by atoms with Crippen molar-refractivity contribution in [3.8, 4) is 0 Å². The Labute approximate surface area is 170 Å². The van der Waals surface area contributed by atoms with Gasteiger partial charge in [0.25, 0.3) is 0 Å². The van der Waals surface area contributed by atoms with Gasteiger partial charge in [-0.05, 0) is 104 Å². The van der Waals surface area contributed by atoms with Crippen LogP contribution in [-0.2, 0) is 0 Å². The smallest absolute Gasteiger partial charge is 0.00853 e. The Morgan fingerprint density at radius 2 is 1.78 bits per heavy atom. The lowest BCUT2D eigenvalue weighted by atomic mass is 9.46. The Kier molecular flexibility index (Phi) is 5.59. The molecule has 0 N–H and O–H groups in total. The summed E-state index contributed by atoms with van der Waals surface area (Å²) in [7, 11) is 0. The first-order valence-electron chi connectivity index (χ1n) is 12.6. The van der Waals surface area contributed by atoms with Gasteiger partial charge in [-0.3, -0.25) is 0 Å². The highest BCUT2D eigenvalue weighted by Gasteiger charge is 2.59. The molecule has 0 heteroatoms. The van der Waals surface area contributed by atoms with E-state index in [0.29, 0.717) is 10.8 Å². The fourth-order valence-electron chi connectivity index (χ4n) is 8.78. The lowest BCUT2D eigenvalue weighted by Gasteiger charge is -2.58. The summed E-state index contributed by atoms with van der Waals surface area (Å²) in [5.41, 5.74) is 3.10. The third-order valence-electron chi connectivity index (χ3n) is 10.2. The number of rotatable bonds is 5. The van der Waals surface area contributed by atoms with Crippen molar-refractivity contribution in [1.82, 2.24) is 0 Å². The second-order valence-corrected chi connectivity index (χ2v) is 12.0. The van der Waals surface area contributed by atoms with Gasteiger partial charge in [0.2, 0.25) is 0 Å². The summed E-state index contributed by atoms with van der Waals surface area (Å²) in [4.78, 5) is 0. The van der Waals surface area contributed by atoms with E-state index in [1.807, 2.05) is 5.57 Å². The zero-order valence-electron chi connectivity index (χ0n) is 19.0. The minimum absolute atomic E-state index is 0.573. The van der Waals surface area contributed by atoms with Crippen molar-refractivity contribution in [3.63, 3.8) is 0 Å². The summed E-state index contributed by atoms with van der Waals surface area (Å²) in [6.45, 7) is 12.8. The fraction of sp³-hybridized carbons (Fsp3) is 0.926. The molecular formula is C27H46. The predicted molar refractivity (Wildman–Crippen MR) is 118 cm³/mol. The van der Waals surface area contributed by atoms with Crippen molar-refractivity contribution in [1.29, 1.82) is 0 Å². The van der Waals surface area contributed by atoms with Gasteiger partial charge < -0.3 is 0 Å². The second-order valence-electron chi connectivity index (χ2n) is 12.0. The number of allylic oxidation sites excluding steroid dienone is 2. The summed E-state index contributed by atoms with van der Waals surface area (Å²) in [6, 6.07) is 0. The summed E-state index contributed by atoms with van der Waals surface area (Å²) in [6.07, 6.45) is 20.4. The highest BCUT2D eigenvalue weighted by Crippen LogP contribution is 2.67. The van der Waals surface area contributed by atoms with Crippen LogP contribution in [0.1, 0.15) is 112 Å². The highest BCUT2D eigenvalue weighted by molar-refractivity contribution is 5.23. The molecular weight excluding hydrogens is 324 g/mol. The summed E-state index contributed by atoms with van der Waals surface area (Å²) >= 11 is 0. The normalized spacial score (nSPS) is 45.0. The van der Waals surface area contributed by atoms with Crippen LogP contribution in [0, 0.1) is 46.3 Å². The molecule has 4 aliphatic rings. The molecule has 0 heterocycles. The van der Waals surface area contributed by atoms with Crippen LogP contribution in [0.25, 0.3) is 0 Å². The van der Waals surface area contributed by atoms with E-state index in [2.05, 4.69) is 40.7 Å². The molecule has 3 fully saturated rings. The van der Waals surface area contributed by atoms with Crippen LogP contribution in [-0.4, -0.2) is 0 Å². The number of hydrogen-bond acceptors (Lipinski definition) is 0. The first-order valence-corrected chi connectivity index (χ1v) is 12.6. The van der Waals surface area contributed by atoms with Crippen molar-refractivity contribution < 1.29 is 0 Å². The van der Waals surface area contributed by atoms with Gasteiger partial charge >= 0.3 is 0 Å². The first-order chi connectivity index (χ1) is 12.9. The van der Waals surface area contributed by atoms with Gasteiger partial charge in [0.05, 0.1) is 0 Å². The van der Waals surface area contributed by atoms with Crippen molar-refractivity contribution in [2.45, 2.75) is 112 Å². The Morgan fingerprint density at radius 1 is 0.963 bits per heavy atom. The molecule has 0 amide bonds. The molecule has 27 heavy (non-hydrogen) atoms. The average Bonchev–Trinajstić information content (AvgIpc) is 2.98. The van der Waals surface area contributed by atoms with Crippen molar-refractivity contribution >= 4 is 0 Å². The summed E-state index contributed by atoms with van der Waals surface area (Å²) in [5, 5.41) is 0. The lowest BCUT2D eigenvalue weighted by Crippen LogP contribution is -2.50. The maximum absolute atomic E-state index is 2.74. The molecule has 0 spiro atoms. The Hall–Kier alpha value is -0.260.